The molecular formula is C10H11O2. The van der Waals surface area contributed by atoms with Gasteiger partial charge in [-0.2, -0.15) is 0 Å². The van der Waals surface area contributed by atoms with Gasteiger partial charge in [0.1, 0.15) is 5.75 Å². The van der Waals surface area contributed by atoms with Crippen LogP contribution in [-0.4, -0.2) is 12.4 Å². The van der Waals surface area contributed by atoms with Crippen LogP contribution in [0.15, 0.2) is 24.3 Å². The predicted molar refractivity (Wildman–Crippen MR) is 47.0 cm³/mol. The first kappa shape index (κ1) is 8.78. The van der Waals surface area contributed by atoms with E-state index in [9.17, 15) is 4.79 Å². The standard InChI is InChI=1S/C10H11O2/c1-8(2)12-10-5-3-4-9(6-10)7-11/h3-6,8H,1-2H3. The fourth-order valence-electron chi connectivity index (χ4n) is 0.905. The van der Waals surface area contributed by atoms with Crippen molar-refractivity contribution in [3.8, 4) is 5.75 Å². The average Bonchev–Trinajstić information content (AvgIpc) is 2.03. The van der Waals surface area contributed by atoms with E-state index in [1.807, 2.05) is 26.2 Å². The first-order valence-electron chi connectivity index (χ1n) is 3.87. The fraction of sp³-hybridized carbons (Fsp3) is 0.300. The van der Waals surface area contributed by atoms with E-state index >= 15 is 0 Å². The number of hydrogen-bond donors (Lipinski definition) is 0. The monoisotopic (exact) mass is 163 g/mol. The lowest BCUT2D eigenvalue weighted by atomic mass is 10.2. The zero-order valence-corrected chi connectivity index (χ0v) is 7.20. The van der Waals surface area contributed by atoms with Gasteiger partial charge in [-0.05, 0) is 26.0 Å². The highest BCUT2D eigenvalue weighted by Crippen LogP contribution is 2.13. The lowest BCUT2D eigenvalue weighted by Gasteiger charge is -2.08. The summed E-state index contributed by atoms with van der Waals surface area (Å²) in [4.78, 5) is 10.3. The maximum atomic E-state index is 10.3. The van der Waals surface area contributed by atoms with Gasteiger partial charge < -0.3 is 4.74 Å². The molecule has 0 aromatic heterocycles. The summed E-state index contributed by atoms with van der Waals surface area (Å²) in [5.74, 6) is 0.714. The Balaban J connectivity index is 2.79. The van der Waals surface area contributed by atoms with Gasteiger partial charge in [0.15, 0.2) is 0 Å². The molecule has 0 aliphatic rings. The lowest BCUT2D eigenvalue weighted by molar-refractivity contribution is 0.242. The Morgan fingerprint density at radius 3 is 2.75 bits per heavy atom. The molecule has 0 saturated heterocycles. The Morgan fingerprint density at radius 1 is 1.42 bits per heavy atom. The van der Waals surface area contributed by atoms with Gasteiger partial charge in [-0.1, -0.05) is 12.1 Å². The number of carbonyl (C=O) groups excluding carboxylic acids is 1. The van der Waals surface area contributed by atoms with Crippen molar-refractivity contribution in [1.82, 2.24) is 0 Å². The van der Waals surface area contributed by atoms with Gasteiger partial charge in [0.05, 0.1) is 6.10 Å². The Bertz CT molecular complexity index is 266. The van der Waals surface area contributed by atoms with E-state index in [1.54, 1.807) is 18.2 Å². The van der Waals surface area contributed by atoms with Crippen LogP contribution in [0.4, 0.5) is 0 Å². The molecule has 0 aliphatic carbocycles. The van der Waals surface area contributed by atoms with Crippen LogP contribution in [0, 0.1) is 0 Å². The molecule has 0 atom stereocenters. The van der Waals surface area contributed by atoms with Gasteiger partial charge in [0, 0.05) is 5.56 Å². The number of hydrogen-bond acceptors (Lipinski definition) is 2. The Hall–Kier alpha value is -1.31. The van der Waals surface area contributed by atoms with Crippen LogP contribution in [0.5, 0.6) is 5.75 Å². The van der Waals surface area contributed by atoms with Crippen molar-refractivity contribution in [3.05, 3.63) is 29.8 Å². The van der Waals surface area contributed by atoms with E-state index in [0.717, 1.165) is 0 Å². The lowest BCUT2D eigenvalue weighted by Crippen LogP contribution is -2.05. The van der Waals surface area contributed by atoms with Gasteiger partial charge in [-0.3, -0.25) is 4.79 Å². The summed E-state index contributed by atoms with van der Waals surface area (Å²) in [6.07, 6.45) is 1.94. The van der Waals surface area contributed by atoms with Crippen molar-refractivity contribution in [2.45, 2.75) is 20.0 Å². The number of benzene rings is 1. The molecule has 1 aromatic carbocycles. The van der Waals surface area contributed by atoms with Crippen molar-refractivity contribution in [1.29, 1.82) is 0 Å². The molecule has 1 rings (SSSR count). The molecule has 12 heavy (non-hydrogen) atoms. The zero-order chi connectivity index (χ0) is 8.97. The van der Waals surface area contributed by atoms with Gasteiger partial charge >= 0.3 is 0 Å². The molecule has 2 heteroatoms. The second-order valence-electron chi connectivity index (χ2n) is 2.80. The largest absolute Gasteiger partial charge is 0.491 e. The molecule has 2 nitrogen and oxygen atoms in total. The molecule has 1 aromatic rings. The summed E-state index contributed by atoms with van der Waals surface area (Å²) in [5.41, 5.74) is 0.521. The zero-order valence-electron chi connectivity index (χ0n) is 7.20. The molecule has 0 fully saturated rings. The minimum atomic E-state index is 0.131. The van der Waals surface area contributed by atoms with Crippen LogP contribution in [0.25, 0.3) is 0 Å². The van der Waals surface area contributed by atoms with E-state index in [4.69, 9.17) is 4.74 Å². The Labute approximate surface area is 72.2 Å². The third-order valence-electron chi connectivity index (χ3n) is 1.32. The average molecular weight is 163 g/mol. The minimum Gasteiger partial charge on any atom is -0.491 e. The summed E-state index contributed by atoms with van der Waals surface area (Å²) in [6, 6.07) is 6.96. The maximum absolute atomic E-state index is 10.3. The van der Waals surface area contributed by atoms with E-state index in [0.29, 0.717) is 11.3 Å². The Morgan fingerprint density at radius 2 is 2.17 bits per heavy atom. The molecule has 1 radical (unpaired) electrons. The van der Waals surface area contributed by atoms with Gasteiger partial charge in [-0.15, -0.1) is 0 Å². The SMILES string of the molecule is CC(C)Oc1cccc([C]=O)c1. The topological polar surface area (TPSA) is 26.3 Å². The van der Waals surface area contributed by atoms with Crippen LogP contribution < -0.4 is 4.74 Å². The van der Waals surface area contributed by atoms with Gasteiger partial charge in [0.2, 0.25) is 6.29 Å². The molecule has 0 heterocycles. The highest BCUT2D eigenvalue weighted by atomic mass is 16.5. The van der Waals surface area contributed by atoms with E-state index in [1.165, 1.54) is 0 Å². The highest BCUT2D eigenvalue weighted by Gasteiger charge is 1.98. The summed E-state index contributed by atoms with van der Waals surface area (Å²) in [5, 5.41) is 0. The molecular weight excluding hydrogens is 152 g/mol. The third-order valence-corrected chi connectivity index (χ3v) is 1.32. The quantitative estimate of drug-likeness (QED) is 0.680. The first-order valence-corrected chi connectivity index (χ1v) is 3.87. The Kier molecular flexibility index (Phi) is 2.86. The normalized spacial score (nSPS) is 9.92. The predicted octanol–water partition coefficient (Wildman–Crippen LogP) is 1.93. The maximum Gasteiger partial charge on any atom is 0.233 e. The van der Waals surface area contributed by atoms with E-state index in [2.05, 4.69) is 0 Å². The van der Waals surface area contributed by atoms with Gasteiger partial charge in [0.25, 0.3) is 0 Å². The number of ether oxygens (including phenoxy) is 1. The summed E-state index contributed by atoms with van der Waals surface area (Å²) in [7, 11) is 0. The molecule has 0 amide bonds. The van der Waals surface area contributed by atoms with Crippen molar-refractivity contribution in [2.24, 2.45) is 0 Å². The second kappa shape index (κ2) is 3.90. The van der Waals surface area contributed by atoms with Crippen LogP contribution in [0.2, 0.25) is 0 Å². The smallest absolute Gasteiger partial charge is 0.233 e. The van der Waals surface area contributed by atoms with Crippen LogP contribution in [0.3, 0.4) is 0 Å². The fourth-order valence-corrected chi connectivity index (χ4v) is 0.905. The van der Waals surface area contributed by atoms with Crippen molar-refractivity contribution in [2.75, 3.05) is 0 Å². The van der Waals surface area contributed by atoms with Crippen LogP contribution in [-0.2, 0) is 4.79 Å². The van der Waals surface area contributed by atoms with Crippen molar-refractivity contribution >= 4 is 6.29 Å². The molecule has 0 N–H and O–H groups in total. The minimum absolute atomic E-state index is 0.131. The van der Waals surface area contributed by atoms with Crippen molar-refractivity contribution < 1.29 is 9.53 Å². The van der Waals surface area contributed by atoms with Crippen LogP contribution >= 0.6 is 0 Å². The summed E-state index contributed by atoms with van der Waals surface area (Å²) in [6.45, 7) is 3.88. The molecule has 0 saturated carbocycles. The molecule has 0 aliphatic heterocycles. The third kappa shape index (κ3) is 2.38. The second-order valence-corrected chi connectivity index (χ2v) is 2.80. The first-order chi connectivity index (χ1) is 5.72. The number of rotatable bonds is 3. The van der Waals surface area contributed by atoms with E-state index in [-0.39, 0.29) is 6.10 Å². The van der Waals surface area contributed by atoms with Gasteiger partial charge in [-0.25, -0.2) is 0 Å². The molecule has 0 spiro atoms. The molecule has 0 unspecified atom stereocenters. The molecule has 63 valence electrons. The summed E-state index contributed by atoms with van der Waals surface area (Å²) >= 11 is 0. The summed E-state index contributed by atoms with van der Waals surface area (Å²) < 4.78 is 5.38. The van der Waals surface area contributed by atoms with Crippen LogP contribution in [0.1, 0.15) is 19.4 Å². The van der Waals surface area contributed by atoms with Crippen molar-refractivity contribution in [3.63, 3.8) is 0 Å². The van der Waals surface area contributed by atoms with E-state index < -0.39 is 0 Å². The highest BCUT2D eigenvalue weighted by molar-refractivity contribution is 5.75. The molecule has 0 bridgehead atoms.